The third-order valence-electron chi connectivity index (χ3n) is 3.22. The van der Waals surface area contributed by atoms with E-state index >= 15 is 0 Å². The lowest BCUT2D eigenvalue weighted by Crippen LogP contribution is -2.34. The van der Waals surface area contributed by atoms with E-state index in [1.54, 1.807) is 4.98 Å². The van der Waals surface area contributed by atoms with Gasteiger partial charge in [0, 0.05) is 24.5 Å². The first kappa shape index (κ1) is 18.8. The van der Waals surface area contributed by atoms with E-state index in [1.807, 2.05) is 0 Å². The molecule has 2 heterocycles. The Morgan fingerprint density at radius 2 is 1.78 bits per heavy atom. The van der Waals surface area contributed by atoms with E-state index in [-0.39, 0.29) is 26.9 Å². The van der Waals surface area contributed by atoms with Crippen LogP contribution in [0.3, 0.4) is 0 Å². The highest BCUT2D eigenvalue weighted by Gasteiger charge is 2.36. The van der Waals surface area contributed by atoms with E-state index in [0.29, 0.717) is 0 Å². The van der Waals surface area contributed by atoms with Gasteiger partial charge in [-0.2, -0.15) is 13.2 Å². The molecule has 1 aromatic carbocycles. The number of hydrogen-bond donors (Lipinski definition) is 1. The van der Waals surface area contributed by atoms with Gasteiger partial charge in [0.2, 0.25) is 0 Å². The zero-order valence-electron chi connectivity index (χ0n) is 12.9. The number of aromatic amines is 1. The van der Waals surface area contributed by atoms with Crippen molar-refractivity contribution in [1.29, 1.82) is 0 Å². The zero-order valence-corrected chi connectivity index (χ0v) is 14.5. The highest BCUT2D eigenvalue weighted by molar-refractivity contribution is 9.10. The summed E-state index contributed by atoms with van der Waals surface area (Å²) in [6.45, 7) is 0. The number of nitrogens with one attached hydrogen (secondary N) is 1. The fourth-order valence-corrected chi connectivity index (χ4v) is 2.54. The van der Waals surface area contributed by atoms with Crippen LogP contribution in [-0.4, -0.2) is 19.5 Å². The van der Waals surface area contributed by atoms with Crippen LogP contribution in [0.5, 0.6) is 11.8 Å². The molecule has 0 radical (unpaired) electrons. The SMILES string of the molecule is O=c1cc(C(F)(F)F)n(-c2cc(Oc3ncccn3)c(Br)cc2F)c(=O)[nH]1. The van der Waals surface area contributed by atoms with E-state index in [9.17, 15) is 27.2 Å². The fourth-order valence-electron chi connectivity index (χ4n) is 2.15. The van der Waals surface area contributed by atoms with Gasteiger partial charge in [0.25, 0.3) is 5.56 Å². The van der Waals surface area contributed by atoms with Crippen molar-refractivity contribution in [3.63, 3.8) is 0 Å². The van der Waals surface area contributed by atoms with Gasteiger partial charge < -0.3 is 4.74 Å². The molecule has 0 spiro atoms. The van der Waals surface area contributed by atoms with Crippen LogP contribution >= 0.6 is 15.9 Å². The lowest BCUT2D eigenvalue weighted by Gasteiger charge is -2.16. The van der Waals surface area contributed by atoms with E-state index < -0.39 is 34.6 Å². The average molecular weight is 447 g/mol. The summed E-state index contributed by atoms with van der Waals surface area (Å²) < 4.78 is 59.5. The molecule has 0 amide bonds. The van der Waals surface area contributed by atoms with Gasteiger partial charge in [0.1, 0.15) is 17.3 Å². The van der Waals surface area contributed by atoms with Crippen LogP contribution in [0.25, 0.3) is 5.69 Å². The molecule has 0 atom stereocenters. The summed E-state index contributed by atoms with van der Waals surface area (Å²) in [5, 5.41) is 0. The second-order valence-electron chi connectivity index (χ2n) is 5.02. The number of H-pyrrole nitrogens is 1. The Hall–Kier alpha value is -3.02. The predicted octanol–water partition coefficient (Wildman–Crippen LogP) is 3.03. The van der Waals surface area contributed by atoms with E-state index in [4.69, 9.17) is 4.74 Å². The topological polar surface area (TPSA) is 89.9 Å². The first-order chi connectivity index (χ1) is 12.7. The number of nitrogens with zero attached hydrogens (tertiary/aromatic N) is 3. The van der Waals surface area contributed by atoms with Crippen molar-refractivity contribution in [2.24, 2.45) is 0 Å². The van der Waals surface area contributed by atoms with Gasteiger partial charge in [-0.25, -0.2) is 19.2 Å². The number of benzene rings is 1. The Morgan fingerprint density at radius 1 is 1.11 bits per heavy atom. The van der Waals surface area contributed by atoms with Crippen molar-refractivity contribution >= 4 is 15.9 Å². The van der Waals surface area contributed by atoms with Crippen LogP contribution < -0.4 is 16.0 Å². The molecule has 27 heavy (non-hydrogen) atoms. The average Bonchev–Trinajstić information content (AvgIpc) is 2.57. The Kier molecular flexibility index (Phi) is 4.83. The summed E-state index contributed by atoms with van der Waals surface area (Å²) in [6.07, 6.45) is -2.37. The van der Waals surface area contributed by atoms with Crippen molar-refractivity contribution in [3.05, 3.63) is 73.5 Å². The first-order valence-electron chi connectivity index (χ1n) is 7.04. The second kappa shape index (κ2) is 6.95. The fraction of sp³-hybridized carbons (Fsp3) is 0.0667. The summed E-state index contributed by atoms with van der Waals surface area (Å²) in [5.41, 5.74) is -5.15. The highest BCUT2D eigenvalue weighted by atomic mass is 79.9. The maximum absolute atomic E-state index is 14.4. The molecule has 0 aliphatic heterocycles. The molecule has 1 N–H and O–H groups in total. The molecule has 3 rings (SSSR count). The standard InChI is InChI=1S/C15H7BrF4N4O3/c16-7-4-8(17)9(5-10(7)27-13-21-2-1-3-22-13)24-11(15(18,19)20)6-12(25)23-14(24)26/h1-6H,(H,23,25,26). The Labute approximate surface area is 155 Å². The summed E-state index contributed by atoms with van der Waals surface area (Å²) in [5.74, 6) is -1.31. The second-order valence-corrected chi connectivity index (χ2v) is 5.88. The molecular weight excluding hydrogens is 440 g/mol. The van der Waals surface area contributed by atoms with E-state index in [1.165, 1.54) is 18.5 Å². The number of aromatic nitrogens is 4. The van der Waals surface area contributed by atoms with Gasteiger partial charge in [-0.15, -0.1) is 0 Å². The zero-order chi connectivity index (χ0) is 19.8. The van der Waals surface area contributed by atoms with Gasteiger partial charge in [0.15, 0.2) is 0 Å². The molecular formula is C15H7BrF4N4O3. The number of alkyl halides is 3. The van der Waals surface area contributed by atoms with Gasteiger partial charge in [-0.05, 0) is 28.1 Å². The van der Waals surface area contributed by atoms with Crippen molar-refractivity contribution in [1.82, 2.24) is 19.5 Å². The van der Waals surface area contributed by atoms with Crippen LogP contribution in [0.15, 0.2) is 50.7 Å². The normalized spacial score (nSPS) is 11.4. The quantitative estimate of drug-likeness (QED) is 0.624. The molecule has 0 fully saturated rings. The van der Waals surface area contributed by atoms with Gasteiger partial charge >= 0.3 is 17.9 Å². The van der Waals surface area contributed by atoms with Crippen molar-refractivity contribution in [2.45, 2.75) is 6.18 Å². The molecule has 0 saturated carbocycles. The first-order valence-corrected chi connectivity index (χ1v) is 7.84. The van der Waals surface area contributed by atoms with Crippen molar-refractivity contribution in [3.8, 4) is 17.4 Å². The van der Waals surface area contributed by atoms with Crippen molar-refractivity contribution in [2.75, 3.05) is 0 Å². The summed E-state index contributed by atoms with van der Waals surface area (Å²) in [7, 11) is 0. The maximum Gasteiger partial charge on any atom is 0.432 e. The minimum absolute atomic E-state index is 0.00187. The van der Waals surface area contributed by atoms with Crippen molar-refractivity contribution < 1.29 is 22.3 Å². The smallest absolute Gasteiger partial charge is 0.423 e. The van der Waals surface area contributed by atoms with Gasteiger partial charge in [0.05, 0.1) is 10.2 Å². The van der Waals surface area contributed by atoms with E-state index in [2.05, 4.69) is 25.9 Å². The molecule has 12 heteroatoms. The summed E-state index contributed by atoms with van der Waals surface area (Å²) >= 11 is 3.01. The van der Waals surface area contributed by atoms with Gasteiger partial charge in [-0.1, -0.05) is 0 Å². The lowest BCUT2D eigenvalue weighted by molar-refractivity contribution is -0.143. The number of halogens is 5. The van der Waals surface area contributed by atoms with Gasteiger partial charge in [-0.3, -0.25) is 14.3 Å². The predicted molar refractivity (Wildman–Crippen MR) is 87.4 cm³/mol. The monoisotopic (exact) mass is 446 g/mol. The molecule has 7 nitrogen and oxygen atoms in total. The van der Waals surface area contributed by atoms with E-state index in [0.717, 1.165) is 12.1 Å². The van der Waals surface area contributed by atoms with Crippen LogP contribution in [0.1, 0.15) is 5.69 Å². The summed E-state index contributed by atoms with van der Waals surface area (Å²) in [4.78, 5) is 32.5. The minimum Gasteiger partial charge on any atom is -0.423 e. The third-order valence-corrected chi connectivity index (χ3v) is 3.84. The van der Waals surface area contributed by atoms with Crippen LogP contribution in [-0.2, 0) is 6.18 Å². The molecule has 0 saturated heterocycles. The molecule has 3 aromatic rings. The Morgan fingerprint density at radius 3 is 2.41 bits per heavy atom. The Bertz CT molecular complexity index is 1110. The summed E-state index contributed by atoms with van der Waals surface area (Å²) in [6, 6.07) is 3.17. The number of rotatable bonds is 3. The van der Waals surface area contributed by atoms with Crippen LogP contribution in [0.2, 0.25) is 0 Å². The maximum atomic E-state index is 14.4. The minimum atomic E-state index is -5.09. The molecule has 2 aromatic heterocycles. The Balaban J connectivity index is 2.23. The highest BCUT2D eigenvalue weighted by Crippen LogP contribution is 2.34. The van der Waals surface area contributed by atoms with Crippen LogP contribution in [0.4, 0.5) is 17.6 Å². The number of ether oxygens (including phenoxy) is 1. The molecule has 0 bridgehead atoms. The largest absolute Gasteiger partial charge is 0.432 e. The molecule has 0 aliphatic carbocycles. The molecule has 0 unspecified atom stereocenters. The molecule has 0 aliphatic rings. The third kappa shape index (κ3) is 3.89. The molecule has 140 valence electrons. The van der Waals surface area contributed by atoms with Crippen LogP contribution in [0, 0.1) is 5.82 Å². The lowest BCUT2D eigenvalue weighted by atomic mass is 10.2. The number of hydrogen-bond acceptors (Lipinski definition) is 5.